The molecule has 1 aromatic heterocycles. The van der Waals surface area contributed by atoms with Crippen LogP contribution in [0.5, 0.6) is 0 Å². The van der Waals surface area contributed by atoms with Crippen molar-refractivity contribution < 1.29 is 4.39 Å². The second kappa shape index (κ2) is 8.28. The van der Waals surface area contributed by atoms with Gasteiger partial charge in [0.2, 0.25) is 0 Å². The largest absolute Gasteiger partial charge is 0.355 e. The molecule has 136 valence electrons. The zero-order chi connectivity index (χ0) is 18.5. The van der Waals surface area contributed by atoms with E-state index in [1.807, 2.05) is 30.3 Å². The van der Waals surface area contributed by atoms with E-state index in [-0.39, 0.29) is 5.82 Å². The second-order valence-electron chi connectivity index (χ2n) is 7.01. The molecular weight excluding hydrogens is 325 g/mol. The fourth-order valence-corrected chi connectivity index (χ4v) is 3.17. The van der Waals surface area contributed by atoms with Crippen LogP contribution in [-0.4, -0.2) is 43.1 Å². The maximum absolute atomic E-state index is 13.1. The molecule has 1 unspecified atom stereocenters. The van der Waals surface area contributed by atoms with Crippen LogP contribution in [0.2, 0.25) is 0 Å². The highest BCUT2D eigenvalue weighted by atomic mass is 19.1. The molecule has 0 amide bonds. The summed E-state index contributed by atoms with van der Waals surface area (Å²) in [5.41, 5.74) is 2.18. The molecular formula is C22H26FN3. The first-order chi connectivity index (χ1) is 12.5. The first-order valence-electron chi connectivity index (χ1n) is 9.02. The highest BCUT2D eigenvalue weighted by Crippen LogP contribution is 2.23. The number of anilines is 1. The van der Waals surface area contributed by atoms with Crippen LogP contribution >= 0.6 is 0 Å². The number of rotatable bonds is 2. The van der Waals surface area contributed by atoms with Crippen molar-refractivity contribution in [2.24, 2.45) is 0 Å². The molecule has 2 aromatic carbocycles. The van der Waals surface area contributed by atoms with E-state index in [4.69, 9.17) is 0 Å². The number of nitrogens with zero attached hydrogens (tertiary/aromatic N) is 3. The summed E-state index contributed by atoms with van der Waals surface area (Å²) in [4.78, 5) is 9.19. The van der Waals surface area contributed by atoms with Crippen molar-refractivity contribution in [3.63, 3.8) is 0 Å². The Labute approximate surface area is 155 Å². The molecule has 0 aliphatic carbocycles. The molecule has 0 saturated carbocycles. The van der Waals surface area contributed by atoms with Crippen molar-refractivity contribution in [2.75, 3.05) is 32.1 Å². The number of pyridine rings is 1. The van der Waals surface area contributed by atoms with E-state index >= 15 is 0 Å². The quantitative estimate of drug-likeness (QED) is 0.677. The summed E-state index contributed by atoms with van der Waals surface area (Å²) in [6.07, 6.45) is 1.16. The summed E-state index contributed by atoms with van der Waals surface area (Å²) in [5, 5.41) is 0.854. The van der Waals surface area contributed by atoms with E-state index in [0.717, 1.165) is 36.2 Å². The highest BCUT2D eigenvalue weighted by Gasteiger charge is 2.24. The van der Waals surface area contributed by atoms with Gasteiger partial charge in [-0.1, -0.05) is 35.9 Å². The summed E-state index contributed by atoms with van der Waals surface area (Å²) >= 11 is 0. The standard InChI is InChI=1S/C15H18FN3.C7H8/c1-18(2)13-7-8-19(10-13)15-6-3-11-9-12(16)4-5-14(11)17-15;1-7-5-3-2-4-6-7/h3-6,9,13H,7-8,10H2,1-2H3;2-6H,1H3. The molecule has 0 N–H and O–H groups in total. The second-order valence-corrected chi connectivity index (χ2v) is 7.01. The minimum absolute atomic E-state index is 0.212. The lowest BCUT2D eigenvalue weighted by molar-refractivity contribution is 0.315. The van der Waals surface area contributed by atoms with E-state index in [2.05, 4.69) is 47.9 Å². The fraction of sp³-hybridized carbons (Fsp3) is 0.318. The van der Waals surface area contributed by atoms with Gasteiger partial charge in [-0.05, 0) is 57.8 Å². The number of hydrogen-bond acceptors (Lipinski definition) is 3. The Hall–Kier alpha value is -2.46. The van der Waals surface area contributed by atoms with Gasteiger partial charge >= 0.3 is 0 Å². The monoisotopic (exact) mass is 351 g/mol. The summed E-state index contributed by atoms with van der Waals surface area (Å²) in [5.74, 6) is 0.777. The molecule has 0 radical (unpaired) electrons. The molecule has 3 nitrogen and oxygen atoms in total. The maximum Gasteiger partial charge on any atom is 0.129 e. The number of likely N-dealkylation sites (N-methyl/N-ethyl adjacent to an activating group) is 1. The highest BCUT2D eigenvalue weighted by molar-refractivity contribution is 5.80. The fourth-order valence-electron chi connectivity index (χ4n) is 3.17. The lowest BCUT2D eigenvalue weighted by Gasteiger charge is -2.21. The molecule has 1 saturated heterocycles. The molecule has 0 bridgehead atoms. The maximum atomic E-state index is 13.1. The van der Waals surface area contributed by atoms with Crippen molar-refractivity contribution in [1.29, 1.82) is 0 Å². The summed E-state index contributed by atoms with van der Waals surface area (Å²) in [7, 11) is 4.23. The lowest BCUT2D eigenvalue weighted by atomic mass is 10.2. The van der Waals surface area contributed by atoms with Gasteiger partial charge < -0.3 is 9.80 Å². The number of benzene rings is 2. The van der Waals surface area contributed by atoms with Gasteiger partial charge in [0.05, 0.1) is 5.52 Å². The number of aryl methyl sites for hydroxylation is 1. The Balaban J connectivity index is 0.000000236. The minimum atomic E-state index is -0.212. The lowest BCUT2D eigenvalue weighted by Crippen LogP contribution is -2.31. The molecule has 1 aliphatic rings. The van der Waals surface area contributed by atoms with Crippen molar-refractivity contribution >= 4 is 16.7 Å². The van der Waals surface area contributed by atoms with Gasteiger partial charge in [0.1, 0.15) is 11.6 Å². The van der Waals surface area contributed by atoms with Gasteiger partial charge in [-0.2, -0.15) is 0 Å². The van der Waals surface area contributed by atoms with E-state index in [9.17, 15) is 4.39 Å². The summed E-state index contributed by atoms with van der Waals surface area (Å²) in [6.45, 7) is 4.12. The van der Waals surface area contributed by atoms with E-state index in [0.29, 0.717) is 6.04 Å². The molecule has 4 heteroatoms. The van der Waals surface area contributed by atoms with Crippen LogP contribution in [0.1, 0.15) is 12.0 Å². The van der Waals surface area contributed by atoms with Gasteiger partial charge in [-0.3, -0.25) is 0 Å². The van der Waals surface area contributed by atoms with Crippen molar-refractivity contribution in [3.05, 3.63) is 72.0 Å². The van der Waals surface area contributed by atoms with Crippen LogP contribution < -0.4 is 4.90 Å². The summed E-state index contributed by atoms with van der Waals surface area (Å²) in [6, 6.07) is 19.5. The molecule has 1 fully saturated rings. The number of aromatic nitrogens is 1. The van der Waals surface area contributed by atoms with Gasteiger partial charge in [-0.25, -0.2) is 9.37 Å². The Bertz CT molecular complexity index is 848. The molecule has 0 spiro atoms. The summed E-state index contributed by atoms with van der Waals surface area (Å²) < 4.78 is 13.1. The molecule has 3 aromatic rings. The van der Waals surface area contributed by atoms with Crippen LogP contribution in [0.3, 0.4) is 0 Å². The predicted molar refractivity (Wildman–Crippen MR) is 107 cm³/mol. The van der Waals surface area contributed by atoms with Gasteiger partial charge in [0.15, 0.2) is 0 Å². The van der Waals surface area contributed by atoms with Gasteiger partial charge in [-0.15, -0.1) is 0 Å². The van der Waals surface area contributed by atoms with Crippen LogP contribution in [0.25, 0.3) is 10.9 Å². The Morgan fingerprint density at radius 1 is 1.04 bits per heavy atom. The zero-order valence-corrected chi connectivity index (χ0v) is 15.7. The normalized spacial score (nSPS) is 16.7. The van der Waals surface area contributed by atoms with Crippen molar-refractivity contribution in [1.82, 2.24) is 9.88 Å². The smallest absolute Gasteiger partial charge is 0.129 e. The van der Waals surface area contributed by atoms with Gasteiger partial charge in [0.25, 0.3) is 0 Å². The third-order valence-electron chi connectivity index (χ3n) is 4.79. The number of halogens is 1. The number of fused-ring (bicyclic) bond motifs is 1. The van der Waals surface area contributed by atoms with Crippen LogP contribution in [-0.2, 0) is 0 Å². The first-order valence-corrected chi connectivity index (χ1v) is 9.02. The molecule has 1 aliphatic heterocycles. The third kappa shape index (κ3) is 4.58. The van der Waals surface area contributed by atoms with Crippen LogP contribution in [0, 0.1) is 12.7 Å². The number of hydrogen-bond donors (Lipinski definition) is 0. The Morgan fingerprint density at radius 3 is 2.42 bits per heavy atom. The van der Waals surface area contributed by atoms with Crippen molar-refractivity contribution in [2.45, 2.75) is 19.4 Å². The molecule has 4 rings (SSSR count). The molecule has 1 atom stereocenters. The molecule has 26 heavy (non-hydrogen) atoms. The molecule has 2 heterocycles. The average molecular weight is 351 g/mol. The average Bonchev–Trinajstić information content (AvgIpc) is 3.13. The SMILES string of the molecule is CN(C)C1CCN(c2ccc3cc(F)ccc3n2)C1.Cc1ccccc1. The van der Waals surface area contributed by atoms with Crippen molar-refractivity contribution in [3.8, 4) is 0 Å². The topological polar surface area (TPSA) is 19.4 Å². The Morgan fingerprint density at radius 2 is 1.81 bits per heavy atom. The minimum Gasteiger partial charge on any atom is -0.355 e. The van der Waals surface area contributed by atoms with Crippen LogP contribution in [0.4, 0.5) is 10.2 Å². The van der Waals surface area contributed by atoms with E-state index in [1.54, 1.807) is 6.07 Å². The Kier molecular flexibility index (Phi) is 5.84. The third-order valence-corrected chi connectivity index (χ3v) is 4.79. The zero-order valence-electron chi connectivity index (χ0n) is 15.7. The predicted octanol–water partition coefficient (Wildman–Crippen LogP) is 4.51. The van der Waals surface area contributed by atoms with Gasteiger partial charge in [0, 0.05) is 24.5 Å². The first kappa shape index (κ1) is 18.3. The van der Waals surface area contributed by atoms with E-state index in [1.165, 1.54) is 17.7 Å². The van der Waals surface area contributed by atoms with E-state index < -0.39 is 0 Å². The van der Waals surface area contributed by atoms with Crippen LogP contribution in [0.15, 0.2) is 60.7 Å².